The molecule has 0 saturated heterocycles. The predicted molar refractivity (Wildman–Crippen MR) is 212 cm³/mol. The summed E-state index contributed by atoms with van der Waals surface area (Å²) < 4.78 is 2.39. The first-order chi connectivity index (χ1) is 25.3. The number of para-hydroxylation sites is 2. The van der Waals surface area contributed by atoms with Crippen LogP contribution in [0.2, 0.25) is 0 Å². The van der Waals surface area contributed by atoms with E-state index in [-0.39, 0.29) is 0 Å². The van der Waals surface area contributed by atoms with Crippen molar-refractivity contribution in [1.82, 2.24) is 4.57 Å². The fourth-order valence-corrected chi connectivity index (χ4v) is 9.32. The van der Waals surface area contributed by atoms with Gasteiger partial charge in [0.25, 0.3) is 0 Å². The minimum absolute atomic E-state index is 0.395. The van der Waals surface area contributed by atoms with Crippen molar-refractivity contribution in [2.24, 2.45) is 0 Å². The Hall–Kier alpha value is -6.44. The molecule has 1 aromatic heterocycles. The Labute approximate surface area is 297 Å². The fraction of sp³-hybridized carbons (Fsp3) is 0.0400. The summed E-state index contributed by atoms with van der Waals surface area (Å²) in [5.74, 6) is 0. The van der Waals surface area contributed by atoms with Crippen LogP contribution in [0, 0.1) is 0 Å². The number of aromatic nitrogens is 1. The maximum absolute atomic E-state index is 2.51. The average molecular weight is 648 g/mol. The number of nitrogens with zero attached hydrogens (tertiary/aromatic N) is 1. The van der Waals surface area contributed by atoms with Crippen molar-refractivity contribution in [2.75, 3.05) is 0 Å². The quantitative estimate of drug-likeness (QED) is 0.179. The number of hydrogen-bond acceptors (Lipinski definition) is 0. The molecule has 2 aliphatic rings. The van der Waals surface area contributed by atoms with Crippen molar-refractivity contribution in [2.45, 2.75) is 11.8 Å². The Morgan fingerprint density at radius 1 is 0.353 bits per heavy atom. The Bertz CT molecular complexity index is 2780. The van der Waals surface area contributed by atoms with E-state index >= 15 is 0 Å². The molecule has 1 nitrogen and oxygen atoms in total. The van der Waals surface area contributed by atoms with E-state index in [1.54, 1.807) is 0 Å². The third-order valence-electron chi connectivity index (χ3n) is 11.4. The van der Waals surface area contributed by atoms with E-state index < -0.39 is 5.41 Å². The Morgan fingerprint density at radius 3 is 1.67 bits per heavy atom. The van der Waals surface area contributed by atoms with E-state index in [9.17, 15) is 0 Å². The third kappa shape index (κ3) is 3.98. The zero-order valence-corrected chi connectivity index (χ0v) is 28.1. The molecule has 0 saturated carbocycles. The summed E-state index contributed by atoms with van der Waals surface area (Å²) in [6.45, 7) is 0. The van der Waals surface area contributed by atoms with Crippen LogP contribution in [-0.4, -0.2) is 4.57 Å². The summed E-state index contributed by atoms with van der Waals surface area (Å²) in [5.41, 5.74) is 19.2. The molecule has 0 bridgehead atoms. The van der Waals surface area contributed by atoms with Gasteiger partial charge in [-0.15, -0.1) is 0 Å². The van der Waals surface area contributed by atoms with Gasteiger partial charge in [-0.1, -0.05) is 152 Å². The molecule has 1 spiro atoms. The van der Waals surface area contributed by atoms with Gasteiger partial charge < -0.3 is 4.57 Å². The van der Waals surface area contributed by atoms with Gasteiger partial charge in [0.1, 0.15) is 0 Å². The smallest absolute Gasteiger partial charge is 0.0725 e. The molecule has 51 heavy (non-hydrogen) atoms. The molecule has 8 aromatic carbocycles. The molecular weight excluding hydrogens is 615 g/mol. The van der Waals surface area contributed by atoms with Crippen LogP contribution < -0.4 is 0 Å². The Balaban J connectivity index is 1.15. The van der Waals surface area contributed by atoms with Crippen LogP contribution in [0.1, 0.15) is 33.4 Å². The minimum Gasteiger partial charge on any atom is -0.309 e. The first-order valence-corrected chi connectivity index (χ1v) is 17.9. The summed E-state index contributed by atoms with van der Waals surface area (Å²) in [7, 11) is 0. The Morgan fingerprint density at radius 2 is 0.902 bits per heavy atom. The van der Waals surface area contributed by atoms with Crippen LogP contribution >= 0.6 is 0 Å². The van der Waals surface area contributed by atoms with E-state index in [1.165, 1.54) is 94.3 Å². The molecule has 0 unspecified atom stereocenters. The van der Waals surface area contributed by atoms with Crippen molar-refractivity contribution >= 4 is 21.8 Å². The standard InChI is InChI=1S/C50H33N/c1-3-13-33(14-4-1)29-34-23-26-40-41-27-24-36(32-47(41)50(46(40)30-34)44-20-10-7-17-38(44)39-18-8-11-21-45(39)50)35-25-28-49-43(31-35)42-19-9-12-22-48(42)51(49)37-15-5-2-6-16-37/h1-28,30-32H,29H2. The predicted octanol–water partition coefficient (Wildman–Crippen LogP) is 12.4. The lowest BCUT2D eigenvalue weighted by molar-refractivity contribution is 0.792. The SMILES string of the molecule is c1ccc(Cc2ccc3c(c2)C2(c4ccccc4-c4ccccc42)c2cc(-c4ccc5c(c4)c4ccccc4n5-c4ccccc4)ccc2-3)cc1. The molecule has 0 aliphatic heterocycles. The summed E-state index contributed by atoms with van der Waals surface area (Å²) in [5, 5.41) is 2.54. The first kappa shape index (κ1) is 28.4. The first-order valence-electron chi connectivity index (χ1n) is 17.9. The second-order valence-corrected chi connectivity index (χ2v) is 14.1. The van der Waals surface area contributed by atoms with Crippen LogP contribution in [0.15, 0.2) is 188 Å². The lowest BCUT2D eigenvalue weighted by Gasteiger charge is -2.31. The number of benzene rings is 8. The van der Waals surface area contributed by atoms with Gasteiger partial charge in [0.15, 0.2) is 0 Å². The zero-order valence-electron chi connectivity index (χ0n) is 28.1. The molecular formula is C50H33N. The largest absolute Gasteiger partial charge is 0.309 e. The maximum atomic E-state index is 2.51. The van der Waals surface area contributed by atoms with Gasteiger partial charge in [0, 0.05) is 16.5 Å². The van der Waals surface area contributed by atoms with E-state index in [1.807, 2.05) is 0 Å². The zero-order chi connectivity index (χ0) is 33.5. The average Bonchev–Trinajstić information content (AvgIpc) is 3.80. The highest BCUT2D eigenvalue weighted by atomic mass is 15.0. The van der Waals surface area contributed by atoms with E-state index in [0.717, 1.165) is 6.42 Å². The molecule has 238 valence electrons. The van der Waals surface area contributed by atoms with Crippen LogP contribution in [0.5, 0.6) is 0 Å². The summed E-state index contributed by atoms with van der Waals surface area (Å²) in [6.07, 6.45) is 0.908. The fourth-order valence-electron chi connectivity index (χ4n) is 9.32. The monoisotopic (exact) mass is 647 g/mol. The van der Waals surface area contributed by atoms with Crippen LogP contribution in [0.25, 0.3) is 60.9 Å². The van der Waals surface area contributed by atoms with Crippen molar-refractivity contribution in [1.29, 1.82) is 0 Å². The van der Waals surface area contributed by atoms with Gasteiger partial charge >= 0.3 is 0 Å². The topological polar surface area (TPSA) is 4.93 Å². The van der Waals surface area contributed by atoms with Crippen LogP contribution in [-0.2, 0) is 11.8 Å². The molecule has 11 rings (SSSR count). The second-order valence-electron chi connectivity index (χ2n) is 14.1. The summed E-state index contributed by atoms with van der Waals surface area (Å²) in [4.78, 5) is 0. The van der Waals surface area contributed by atoms with E-state index in [4.69, 9.17) is 0 Å². The van der Waals surface area contributed by atoms with Crippen molar-refractivity contribution in [3.05, 3.63) is 221 Å². The summed E-state index contributed by atoms with van der Waals surface area (Å²) >= 11 is 0. The van der Waals surface area contributed by atoms with Gasteiger partial charge in [-0.05, 0) is 110 Å². The summed E-state index contributed by atoms with van der Waals surface area (Å²) in [6, 6.07) is 70.0. The molecule has 0 amide bonds. The molecule has 0 fully saturated rings. The molecule has 1 heterocycles. The van der Waals surface area contributed by atoms with Crippen molar-refractivity contribution < 1.29 is 0 Å². The van der Waals surface area contributed by atoms with Gasteiger partial charge in [-0.25, -0.2) is 0 Å². The molecule has 9 aromatic rings. The van der Waals surface area contributed by atoms with Crippen LogP contribution in [0.4, 0.5) is 0 Å². The third-order valence-corrected chi connectivity index (χ3v) is 11.4. The lowest BCUT2D eigenvalue weighted by Crippen LogP contribution is -2.26. The van der Waals surface area contributed by atoms with Crippen LogP contribution in [0.3, 0.4) is 0 Å². The van der Waals surface area contributed by atoms with E-state index in [2.05, 4.69) is 193 Å². The number of rotatable bonds is 4. The number of fused-ring (bicyclic) bond motifs is 13. The van der Waals surface area contributed by atoms with Gasteiger partial charge in [-0.3, -0.25) is 0 Å². The van der Waals surface area contributed by atoms with Gasteiger partial charge in [-0.2, -0.15) is 0 Å². The molecule has 0 atom stereocenters. The highest BCUT2D eigenvalue weighted by Crippen LogP contribution is 2.63. The molecule has 2 aliphatic carbocycles. The second kappa shape index (κ2) is 10.8. The minimum atomic E-state index is -0.395. The normalized spacial score (nSPS) is 13.3. The van der Waals surface area contributed by atoms with Crippen molar-refractivity contribution in [3.63, 3.8) is 0 Å². The van der Waals surface area contributed by atoms with E-state index in [0.29, 0.717) is 0 Å². The van der Waals surface area contributed by atoms with Gasteiger partial charge in [0.05, 0.1) is 16.4 Å². The Kier molecular flexibility index (Phi) is 6.00. The number of hydrogen-bond donors (Lipinski definition) is 0. The van der Waals surface area contributed by atoms with Gasteiger partial charge in [0.2, 0.25) is 0 Å². The lowest BCUT2D eigenvalue weighted by atomic mass is 9.70. The molecule has 0 N–H and O–H groups in total. The molecule has 0 radical (unpaired) electrons. The maximum Gasteiger partial charge on any atom is 0.0725 e. The highest BCUT2D eigenvalue weighted by Gasteiger charge is 2.51. The molecule has 1 heteroatoms. The van der Waals surface area contributed by atoms with Crippen molar-refractivity contribution in [3.8, 4) is 39.1 Å². The highest BCUT2D eigenvalue weighted by molar-refractivity contribution is 6.10.